The molecule has 182 valence electrons. The lowest BCUT2D eigenvalue weighted by Crippen LogP contribution is -2.44. The van der Waals surface area contributed by atoms with Crippen molar-refractivity contribution in [3.05, 3.63) is 78.9 Å². The van der Waals surface area contributed by atoms with E-state index in [4.69, 9.17) is 5.73 Å². The van der Waals surface area contributed by atoms with Crippen LogP contribution in [0.4, 0.5) is 21.8 Å². The van der Waals surface area contributed by atoms with Crippen molar-refractivity contribution in [3.63, 3.8) is 0 Å². The summed E-state index contributed by atoms with van der Waals surface area (Å²) in [5, 5.41) is 3.85. The molecule has 3 heterocycles. The predicted octanol–water partition coefficient (Wildman–Crippen LogP) is 3.82. The first-order valence-electron chi connectivity index (χ1n) is 11.6. The molecule has 2 aromatic heterocycles. The summed E-state index contributed by atoms with van der Waals surface area (Å²) >= 11 is 0. The number of nitrogens with one attached hydrogen (secondary N) is 1. The van der Waals surface area contributed by atoms with Gasteiger partial charge in [-0.25, -0.2) is 19.3 Å². The summed E-state index contributed by atoms with van der Waals surface area (Å²) in [7, 11) is 2.12. The van der Waals surface area contributed by atoms with Gasteiger partial charge in [0.2, 0.25) is 11.9 Å². The second-order valence-electron chi connectivity index (χ2n) is 8.80. The van der Waals surface area contributed by atoms with E-state index in [-0.39, 0.29) is 5.57 Å². The van der Waals surface area contributed by atoms with Crippen molar-refractivity contribution in [2.75, 3.05) is 43.4 Å². The van der Waals surface area contributed by atoms with Crippen LogP contribution in [-0.2, 0) is 4.79 Å². The second-order valence-corrected chi connectivity index (χ2v) is 8.80. The van der Waals surface area contributed by atoms with Gasteiger partial charge >= 0.3 is 0 Å². The summed E-state index contributed by atoms with van der Waals surface area (Å²) < 4.78 is 15.1. The van der Waals surface area contributed by atoms with Gasteiger partial charge in [-0.05, 0) is 48.5 Å². The van der Waals surface area contributed by atoms with E-state index in [1.807, 2.05) is 12.1 Å². The highest BCUT2D eigenvalue weighted by Crippen LogP contribution is 2.32. The van der Waals surface area contributed by atoms with Crippen LogP contribution in [-0.4, -0.2) is 59.0 Å². The number of fused-ring (bicyclic) bond motifs is 1. The Morgan fingerprint density at radius 2 is 1.86 bits per heavy atom. The number of primary amides is 1. The van der Waals surface area contributed by atoms with E-state index in [9.17, 15) is 4.79 Å². The van der Waals surface area contributed by atoms with Gasteiger partial charge in [0.15, 0.2) is 0 Å². The number of halogens is 1. The number of nitrogens with zero attached hydrogens (tertiary/aromatic N) is 5. The van der Waals surface area contributed by atoms with Gasteiger partial charge in [-0.2, -0.15) is 0 Å². The molecule has 1 aliphatic heterocycles. The molecule has 0 spiro atoms. The fraction of sp³-hybridized carbons (Fsp3) is 0.185. The molecule has 4 aromatic rings. The Labute approximate surface area is 208 Å². The van der Waals surface area contributed by atoms with E-state index >= 15 is 4.39 Å². The Kier molecular flexibility index (Phi) is 6.30. The topological polar surface area (TPSA) is 100 Å². The third-order valence-electron chi connectivity index (χ3n) is 6.33. The normalized spacial score (nSPS) is 14.1. The summed E-state index contributed by atoms with van der Waals surface area (Å²) in [6.45, 7) is 7.61. The third kappa shape index (κ3) is 4.73. The van der Waals surface area contributed by atoms with Crippen molar-refractivity contribution in [2.24, 2.45) is 5.73 Å². The number of piperazine rings is 1. The molecule has 1 fully saturated rings. The molecule has 0 atom stereocenters. The maximum atomic E-state index is 15.1. The Balaban J connectivity index is 1.45. The summed E-state index contributed by atoms with van der Waals surface area (Å²) in [6, 6.07) is 13.8. The lowest BCUT2D eigenvalue weighted by Gasteiger charge is -2.33. The van der Waals surface area contributed by atoms with E-state index in [1.165, 1.54) is 6.07 Å². The highest BCUT2D eigenvalue weighted by Gasteiger charge is 2.17. The standard InChI is InChI=1S/C27H26FN7O/c1-17(26(29)36)18-4-3-5-19(14-18)24-22(28)8-6-20-15-31-27(33-25(20)24)32-21-7-9-23(30-16-21)35-12-10-34(2)11-13-35/h3-9,14-16H,1,10-13H2,2H3,(H2,29,36)(H,31,32,33). The molecule has 3 N–H and O–H groups in total. The minimum absolute atomic E-state index is 0.155. The van der Waals surface area contributed by atoms with Crippen molar-refractivity contribution >= 4 is 39.8 Å². The van der Waals surface area contributed by atoms with Crippen LogP contribution in [0.3, 0.4) is 0 Å². The maximum Gasteiger partial charge on any atom is 0.248 e. The summed E-state index contributed by atoms with van der Waals surface area (Å²) in [4.78, 5) is 29.7. The summed E-state index contributed by atoms with van der Waals surface area (Å²) in [5.41, 5.74) is 8.08. The number of carbonyl (C=O) groups excluding carboxylic acids is 1. The van der Waals surface area contributed by atoms with Crippen LogP contribution < -0.4 is 16.0 Å². The van der Waals surface area contributed by atoms with Crippen LogP contribution in [0.15, 0.2) is 67.5 Å². The van der Waals surface area contributed by atoms with E-state index in [0.717, 1.165) is 37.7 Å². The van der Waals surface area contributed by atoms with Crippen molar-refractivity contribution < 1.29 is 9.18 Å². The van der Waals surface area contributed by atoms with Crippen LogP contribution in [0.5, 0.6) is 0 Å². The Morgan fingerprint density at radius 1 is 1.06 bits per heavy atom. The number of benzene rings is 2. The summed E-state index contributed by atoms with van der Waals surface area (Å²) in [5.74, 6) is 0.176. The molecule has 9 heteroatoms. The third-order valence-corrected chi connectivity index (χ3v) is 6.33. The van der Waals surface area contributed by atoms with Crippen LogP contribution >= 0.6 is 0 Å². The molecular weight excluding hydrogens is 457 g/mol. The van der Waals surface area contributed by atoms with Crippen LogP contribution in [0.2, 0.25) is 0 Å². The maximum absolute atomic E-state index is 15.1. The van der Waals surface area contributed by atoms with Gasteiger partial charge in [-0.1, -0.05) is 24.8 Å². The number of aromatic nitrogens is 3. The molecule has 0 unspecified atom stereocenters. The molecule has 1 amide bonds. The average Bonchev–Trinajstić information content (AvgIpc) is 2.89. The SMILES string of the molecule is C=C(C(N)=O)c1cccc(-c2c(F)ccc3cnc(Nc4ccc(N5CCN(C)CC5)nc4)nc23)c1. The largest absolute Gasteiger partial charge is 0.366 e. The number of nitrogens with two attached hydrogens (primary N) is 1. The van der Waals surface area contributed by atoms with Gasteiger partial charge in [0.25, 0.3) is 0 Å². The van der Waals surface area contributed by atoms with E-state index in [0.29, 0.717) is 33.5 Å². The molecule has 0 radical (unpaired) electrons. The average molecular weight is 484 g/mol. The van der Waals surface area contributed by atoms with E-state index < -0.39 is 11.7 Å². The molecule has 0 bridgehead atoms. The number of hydrogen-bond acceptors (Lipinski definition) is 7. The van der Waals surface area contributed by atoms with Gasteiger partial charge in [0.05, 0.1) is 17.4 Å². The lowest BCUT2D eigenvalue weighted by atomic mass is 9.97. The number of rotatable bonds is 6. The zero-order valence-corrected chi connectivity index (χ0v) is 19.9. The zero-order valence-electron chi connectivity index (χ0n) is 19.9. The van der Waals surface area contributed by atoms with Crippen LogP contribution in [0.1, 0.15) is 5.56 Å². The molecule has 1 saturated heterocycles. The molecule has 5 rings (SSSR count). The number of amides is 1. The van der Waals surface area contributed by atoms with Gasteiger partial charge in [0.1, 0.15) is 11.6 Å². The Morgan fingerprint density at radius 3 is 2.58 bits per heavy atom. The fourth-order valence-electron chi connectivity index (χ4n) is 4.22. The van der Waals surface area contributed by atoms with Crippen molar-refractivity contribution in [3.8, 4) is 11.1 Å². The van der Waals surface area contributed by atoms with E-state index in [2.05, 4.69) is 43.7 Å². The molecular formula is C27H26FN7O. The first kappa shape index (κ1) is 23.4. The number of likely N-dealkylation sites (N-methyl/N-ethyl adjacent to an activating group) is 1. The lowest BCUT2D eigenvalue weighted by molar-refractivity contribution is -0.112. The number of hydrogen-bond donors (Lipinski definition) is 2. The fourth-order valence-corrected chi connectivity index (χ4v) is 4.22. The monoisotopic (exact) mass is 483 g/mol. The molecule has 0 saturated carbocycles. The van der Waals surface area contributed by atoms with E-state index in [1.54, 1.807) is 42.7 Å². The minimum atomic E-state index is -0.633. The van der Waals surface area contributed by atoms with Gasteiger partial charge in [-0.3, -0.25) is 4.79 Å². The second kappa shape index (κ2) is 9.71. The number of anilines is 3. The molecule has 1 aliphatic rings. The first-order chi connectivity index (χ1) is 17.4. The van der Waals surface area contributed by atoms with Crippen molar-refractivity contribution in [1.29, 1.82) is 0 Å². The highest BCUT2D eigenvalue weighted by atomic mass is 19.1. The first-order valence-corrected chi connectivity index (χ1v) is 11.6. The predicted molar refractivity (Wildman–Crippen MR) is 140 cm³/mol. The summed E-state index contributed by atoms with van der Waals surface area (Å²) in [6.07, 6.45) is 3.39. The highest BCUT2D eigenvalue weighted by molar-refractivity contribution is 6.18. The number of carbonyl (C=O) groups is 1. The van der Waals surface area contributed by atoms with Gasteiger partial charge < -0.3 is 20.9 Å². The van der Waals surface area contributed by atoms with Gasteiger partial charge in [0, 0.05) is 48.9 Å². The smallest absolute Gasteiger partial charge is 0.248 e. The van der Waals surface area contributed by atoms with Crippen molar-refractivity contribution in [1.82, 2.24) is 19.9 Å². The minimum Gasteiger partial charge on any atom is -0.366 e. The van der Waals surface area contributed by atoms with Crippen molar-refractivity contribution in [2.45, 2.75) is 0 Å². The molecule has 8 nitrogen and oxygen atoms in total. The number of pyridine rings is 1. The Bertz CT molecular complexity index is 1450. The molecule has 0 aliphatic carbocycles. The van der Waals surface area contributed by atoms with Crippen LogP contribution in [0.25, 0.3) is 27.6 Å². The molecule has 36 heavy (non-hydrogen) atoms. The zero-order chi connectivity index (χ0) is 25.2. The Hall–Kier alpha value is -4.37. The van der Waals surface area contributed by atoms with Crippen LogP contribution in [0, 0.1) is 5.82 Å². The quantitative estimate of drug-likeness (QED) is 0.402. The van der Waals surface area contributed by atoms with Gasteiger partial charge in [-0.15, -0.1) is 0 Å². The molecule has 2 aromatic carbocycles.